The lowest BCUT2D eigenvalue weighted by Gasteiger charge is -2.21. The number of unbranched alkanes of at least 4 members (excludes halogenated alkanes) is 1. The fourth-order valence-corrected chi connectivity index (χ4v) is 1.50. The van der Waals surface area contributed by atoms with Crippen LogP contribution in [0, 0.1) is 12.3 Å². The van der Waals surface area contributed by atoms with E-state index in [2.05, 4.69) is 37.2 Å². The molecule has 0 amide bonds. The highest BCUT2D eigenvalue weighted by atomic mass is 15.1. The molecule has 0 rings (SSSR count). The van der Waals surface area contributed by atoms with Crippen LogP contribution in [0.5, 0.6) is 0 Å². The third kappa shape index (κ3) is 8.10. The van der Waals surface area contributed by atoms with E-state index >= 15 is 0 Å². The molecule has 0 spiro atoms. The van der Waals surface area contributed by atoms with Crippen molar-refractivity contribution in [3.8, 4) is 12.3 Å². The van der Waals surface area contributed by atoms with Gasteiger partial charge < -0.3 is 10.2 Å². The SMILES string of the molecule is C#CCCCC(CN(C)C)NCCC. The van der Waals surface area contributed by atoms with Gasteiger partial charge in [0.15, 0.2) is 0 Å². The van der Waals surface area contributed by atoms with Crippen molar-refractivity contribution >= 4 is 0 Å². The highest BCUT2D eigenvalue weighted by Gasteiger charge is 2.07. The van der Waals surface area contributed by atoms with Crippen LogP contribution in [0.4, 0.5) is 0 Å². The summed E-state index contributed by atoms with van der Waals surface area (Å²) < 4.78 is 0. The van der Waals surface area contributed by atoms with Gasteiger partial charge in [0.2, 0.25) is 0 Å². The maximum absolute atomic E-state index is 5.24. The molecule has 14 heavy (non-hydrogen) atoms. The molecule has 0 aliphatic heterocycles. The first-order chi connectivity index (χ1) is 6.70. The topological polar surface area (TPSA) is 15.3 Å². The van der Waals surface area contributed by atoms with E-state index in [1.54, 1.807) is 0 Å². The molecule has 1 N–H and O–H groups in total. The Morgan fingerprint density at radius 1 is 1.43 bits per heavy atom. The molecule has 82 valence electrons. The Morgan fingerprint density at radius 3 is 2.64 bits per heavy atom. The standard InChI is InChI=1S/C12H24N2/c1-5-7-8-9-12(11-14(3)4)13-10-6-2/h1,12-13H,6-11H2,2-4H3. The minimum Gasteiger partial charge on any atom is -0.313 e. The van der Waals surface area contributed by atoms with Gasteiger partial charge >= 0.3 is 0 Å². The second-order valence-corrected chi connectivity index (χ2v) is 4.01. The number of nitrogens with one attached hydrogen (secondary N) is 1. The van der Waals surface area contributed by atoms with Crippen LogP contribution in [0.25, 0.3) is 0 Å². The van der Waals surface area contributed by atoms with Crippen LogP contribution < -0.4 is 5.32 Å². The van der Waals surface area contributed by atoms with Gasteiger partial charge in [-0.05, 0) is 39.9 Å². The molecule has 0 aromatic carbocycles. The summed E-state index contributed by atoms with van der Waals surface area (Å²) in [5.41, 5.74) is 0. The van der Waals surface area contributed by atoms with Gasteiger partial charge in [-0.3, -0.25) is 0 Å². The molecule has 2 heteroatoms. The van der Waals surface area contributed by atoms with Crippen LogP contribution in [0.1, 0.15) is 32.6 Å². The average molecular weight is 196 g/mol. The Kier molecular flexibility index (Phi) is 8.72. The molecule has 1 unspecified atom stereocenters. The van der Waals surface area contributed by atoms with Gasteiger partial charge in [-0.1, -0.05) is 6.92 Å². The van der Waals surface area contributed by atoms with E-state index in [1.165, 1.54) is 12.8 Å². The van der Waals surface area contributed by atoms with E-state index in [0.717, 1.165) is 25.9 Å². The molecule has 0 aliphatic carbocycles. The summed E-state index contributed by atoms with van der Waals surface area (Å²) in [6.45, 7) is 4.40. The van der Waals surface area contributed by atoms with Crippen molar-refractivity contribution in [2.24, 2.45) is 0 Å². The van der Waals surface area contributed by atoms with Gasteiger partial charge in [-0.15, -0.1) is 12.3 Å². The molecule has 0 bridgehead atoms. The van der Waals surface area contributed by atoms with Crippen molar-refractivity contribution in [3.63, 3.8) is 0 Å². The van der Waals surface area contributed by atoms with E-state index < -0.39 is 0 Å². The number of hydrogen-bond acceptors (Lipinski definition) is 2. The normalized spacial score (nSPS) is 12.8. The van der Waals surface area contributed by atoms with Crippen molar-refractivity contribution in [3.05, 3.63) is 0 Å². The first-order valence-corrected chi connectivity index (χ1v) is 5.52. The predicted molar refractivity (Wildman–Crippen MR) is 63.3 cm³/mol. The zero-order valence-electron chi connectivity index (χ0n) is 9.84. The first kappa shape index (κ1) is 13.5. The molecule has 0 aliphatic rings. The molecule has 0 aromatic heterocycles. The molecule has 1 atom stereocenters. The quantitative estimate of drug-likeness (QED) is 0.470. The maximum atomic E-state index is 5.24. The van der Waals surface area contributed by atoms with Gasteiger partial charge in [0.1, 0.15) is 0 Å². The zero-order chi connectivity index (χ0) is 10.8. The molecule has 0 saturated heterocycles. The van der Waals surface area contributed by atoms with Gasteiger partial charge in [0, 0.05) is 19.0 Å². The number of terminal acetylenes is 1. The van der Waals surface area contributed by atoms with E-state index in [1.807, 2.05) is 0 Å². The summed E-state index contributed by atoms with van der Waals surface area (Å²) in [5, 5.41) is 3.55. The van der Waals surface area contributed by atoms with Crippen molar-refractivity contribution < 1.29 is 0 Å². The Balaban J connectivity index is 3.67. The van der Waals surface area contributed by atoms with Crippen molar-refractivity contribution in [2.45, 2.75) is 38.6 Å². The van der Waals surface area contributed by atoms with Gasteiger partial charge in [0.25, 0.3) is 0 Å². The number of nitrogens with zero attached hydrogens (tertiary/aromatic N) is 1. The minimum absolute atomic E-state index is 0.596. The van der Waals surface area contributed by atoms with Crippen LogP contribution in [-0.2, 0) is 0 Å². The summed E-state index contributed by atoms with van der Waals surface area (Å²) in [4.78, 5) is 2.23. The van der Waals surface area contributed by atoms with Crippen LogP contribution in [0.15, 0.2) is 0 Å². The zero-order valence-corrected chi connectivity index (χ0v) is 9.84. The summed E-state index contributed by atoms with van der Waals surface area (Å²) in [6.07, 6.45) is 9.64. The Labute approximate surface area is 89.1 Å². The molecule has 2 nitrogen and oxygen atoms in total. The molecule has 0 radical (unpaired) electrons. The Morgan fingerprint density at radius 2 is 2.14 bits per heavy atom. The van der Waals surface area contributed by atoms with Crippen LogP contribution in [-0.4, -0.2) is 38.1 Å². The number of rotatable bonds is 8. The lowest BCUT2D eigenvalue weighted by molar-refractivity contribution is 0.323. The smallest absolute Gasteiger partial charge is 0.0195 e. The second-order valence-electron chi connectivity index (χ2n) is 4.01. The fourth-order valence-electron chi connectivity index (χ4n) is 1.50. The highest BCUT2D eigenvalue weighted by Crippen LogP contribution is 2.01. The second kappa shape index (κ2) is 9.05. The maximum Gasteiger partial charge on any atom is 0.0195 e. The summed E-state index contributed by atoms with van der Waals surface area (Å²) in [7, 11) is 4.23. The van der Waals surface area contributed by atoms with Crippen molar-refractivity contribution in [1.82, 2.24) is 10.2 Å². The van der Waals surface area contributed by atoms with Crippen molar-refractivity contribution in [2.75, 3.05) is 27.2 Å². The Bertz CT molecular complexity index is 158. The first-order valence-electron chi connectivity index (χ1n) is 5.52. The van der Waals surface area contributed by atoms with E-state index in [0.29, 0.717) is 6.04 Å². The average Bonchev–Trinajstić information content (AvgIpc) is 2.13. The monoisotopic (exact) mass is 196 g/mol. The van der Waals surface area contributed by atoms with Crippen LogP contribution in [0.3, 0.4) is 0 Å². The largest absolute Gasteiger partial charge is 0.313 e. The number of likely N-dealkylation sites (N-methyl/N-ethyl adjacent to an activating group) is 1. The molecule has 0 saturated carbocycles. The highest BCUT2D eigenvalue weighted by molar-refractivity contribution is 4.84. The fraction of sp³-hybridized carbons (Fsp3) is 0.833. The van der Waals surface area contributed by atoms with E-state index in [9.17, 15) is 0 Å². The Hall–Kier alpha value is -0.520. The van der Waals surface area contributed by atoms with Crippen LogP contribution in [0.2, 0.25) is 0 Å². The van der Waals surface area contributed by atoms with Gasteiger partial charge in [-0.2, -0.15) is 0 Å². The summed E-state index contributed by atoms with van der Waals surface area (Å²) in [5.74, 6) is 2.69. The van der Waals surface area contributed by atoms with Crippen LogP contribution >= 0.6 is 0 Å². The van der Waals surface area contributed by atoms with Gasteiger partial charge in [-0.25, -0.2) is 0 Å². The number of hydrogen-bond donors (Lipinski definition) is 1. The predicted octanol–water partition coefficient (Wildman–Crippen LogP) is 1.72. The molecule has 0 aromatic rings. The third-order valence-electron chi connectivity index (χ3n) is 2.14. The molecule has 0 heterocycles. The van der Waals surface area contributed by atoms with E-state index in [-0.39, 0.29) is 0 Å². The molecule has 0 fully saturated rings. The lowest BCUT2D eigenvalue weighted by atomic mass is 10.1. The molecular weight excluding hydrogens is 172 g/mol. The minimum atomic E-state index is 0.596. The third-order valence-corrected chi connectivity index (χ3v) is 2.14. The molecular formula is C12H24N2. The van der Waals surface area contributed by atoms with Gasteiger partial charge in [0.05, 0.1) is 0 Å². The lowest BCUT2D eigenvalue weighted by Crippen LogP contribution is -2.38. The summed E-state index contributed by atoms with van der Waals surface area (Å²) >= 11 is 0. The summed E-state index contributed by atoms with van der Waals surface area (Å²) in [6, 6.07) is 0.596. The van der Waals surface area contributed by atoms with E-state index in [4.69, 9.17) is 6.42 Å². The van der Waals surface area contributed by atoms with Crippen molar-refractivity contribution in [1.29, 1.82) is 0 Å².